The molecule has 0 unspecified atom stereocenters. The molecule has 9 nitrogen and oxygen atoms in total. The number of H-pyrrole nitrogens is 1. The van der Waals surface area contributed by atoms with Crippen LogP contribution in [0, 0.1) is 6.92 Å². The molecule has 2 aromatic carbocycles. The summed E-state index contributed by atoms with van der Waals surface area (Å²) in [7, 11) is 0. The normalized spacial score (nSPS) is 12.5. The van der Waals surface area contributed by atoms with E-state index < -0.39 is 5.97 Å². The quantitative estimate of drug-likeness (QED) is 0.415. The van der Waals surface area contributed by atoms with Crippen LogP contribution < -0.4 is 16.2 Å². The van der Waals surface area contributed by atoms with Crippen LogP contribution in [-0.2, 0) is 22.6 Å². The van der Waals surface area contributed by atoms with E-state index in [0.717, 1.165) is 65.2 Å². The molecule has 4 aromatic rings. The number of anilines is 1. The summed E-state index contributed by atoms with van der Waals surface area (Å²) < 4.78 is 2.22. The highest BCUT2D eigenvalue weighted by atomic mass is 16.4. The van der Waals surface area contributed by atoms with E-state index in [2.05, 4.69) is 15.6 Å². The third-order valence-corrected chi connectivity index (χ3v) is 6.22. The summed E-state index contributed by atoms with van der Waals surface area (Å²) in [5, 5.41) is 8.43. The van der Waals surface area contributed by atoms with E-state index in [4.69, 9.17) is 20.6 Å². The molecule has 0 saturated carbocycles. The number of nitrogens with zero attached hydrogens (tertiary/aromatic N) is 3. The van der Waals surface area contributed by atoms with Gasteiger partial charge in [-0.3, -0.25) is 14.4 Å². The monoisotopic (exact) mass is 475 g/mol. The lowest BCUT2D eigenvalue weighted by atomic mass is 10.1. The lowest BCUT2D eigenvalue weighted by molar-refractivity contribution is -0.134. The predicted molar refractivity (Wildman–Crippen MR) is 137 cm³/mol. The van der Waals surface area contributed by atoms with Crippen LogP contribution in [-0.4, -0.2) is 44.6 Å². The first kappa shape index (κ1) is 24.2. The van der Waals surface area contributed by atoms with E-state index in [1.807, 2.05) is 37.3 Å². The maximum Gasteiger partial charge on any atom is 0.300 e. The van der Waals surface area contributed by atoms with Crippen molar-refractivity contribution in [3.8, 4) is 11.3 Å². The molecular weight excluding hydrogens is 446 g/mol. The van der Waals surface area contributed by atoms with Gasteiger partial charge in [0.05, 0.1) is 11.0 Å². The van der Waals surface area contributed by atoms with Crippen molar-refractivity contribution in [2.45, 2.75) is 40.2 Å². The van der Waals surface area contributed by atoms with Gasteiger partial charge in [-0.05, 0) is 50.1 Å². The van der Waals surface area contributed by atoms with Crippen LogP contribution in [0.25, 0.3) is 33.2 Å². The van der Waals surface area contributed by atoms with E-state index in [0.29, 0.717) is 24.3 Å². The fourth-order valence-electron chi connectivity index (χ4n) is 4.73. The highest BCUT2D eigenvalue weighted by Crippen LogP contribution is 2.35. The molecule has 9 heteroatoms. The number of carbonyl (C=O) groups excluding carboxylic acids is 1. The second kappa shape index (κ2) is 9.71. The van der Waals surface area contributed by atoms with E-state index >= 15 is 0 Å². The molecule has 0 radical (unpaired) electrons. The second-order valence-electron chi connectivity index (χ2n) is 8.62. The van der Waals surface area contributed by atoms with Crippen LogP contribution in [0.2, 0.25) is 0 Å². The fourth-order valence-corrected chi connectivity index (χ4v) is 4.73. The molecule has 0 atom stereocenters. The smallest absolute Gasteiger partial charge is 0.300 e. The molecule has 35 heavy (non-hydrogen) atoms. The Morgan fingerprint density at radius 3 is 2.60 bits per heavy atom. The average Bonchev–Trinajstić information content (AvgIpc) is 3.33. The minimum atomic E-state index is -0.833. The fraction of sp³-hybridized carbons (Fsp3) is 0.308. The van der Waals surface area contributed by atoms with Crippen molar-refractivity contribution in [1.82, 2.24) is 14.5 Å². The van der Waals surface area contributed by atoms with E-state index in [1.165, 1.54) is 0 Å². The van der Waals surface area contributed by atoms with Gasteiger partial charge in [0.25, 0.3) is 11.5 Å². The first-order chi connectivity index (χ1) is 16.7. The lowest BCUT2D eigenvalue weighted by Crippen LogP contribution is -2.25. The van der Waals surface area contributed by atoms with Gasteiger partial charge in [-0.25, -0.2) is 4.98 Å². The number of carboxylic acid groups (broad SMARTS) is 1. The van der Waals surface area contributed by atoms with Crippen LogP contribution >= 0.6 is 0 Å². The number of hydrogen-bond donors (Lipinski definition) is 3. The number of nitrogens with two attached hydrogens (primary N) is 1. The molecule has 2 aromatic heterocycles. The van der Waals surface area contributed by atoms with Crippen LogP contribution in [0.1, 0.15) is 31.5 Å². The van der Waals surface area contributed by atoms with E-state index in [9.17, 15) is 9.59 Å². The number of carbonyl (C=O) groups is 2. The van der Waals surface area contributed by atoms with Gasteiger partial charge in [0, 0.05) is 54.8 Å². The summed E-state index contributed by atoms with van der Waals surface area (Å²) >= 11 is 0. The van der Waals surface area contributed by atoms with Crippen molar-refractivity contribution in [1.29, 1.82) is 0 Å². The number of para-hydroxylation sites is 1. The Morgan fingerprint density at radius 1 is 1.20 bits per heavy atom. The molecule has 182 valence electrons. The number of rotatable bonds is 4. The zero-order valence-corrected chi connectivity index (χ0v) is 20.1. The molecule has 0 fully saturated rings. The van der Waals surface area contributed by atoms with Gasteiger partial charge in [-0.2, -0.15) is 0 Å². The van der Waals surface area contributed by atoms with Gasteiger partial charge in [-0.15, -0.1) is 0 Å². The predicted octanol–water partition coefficient (Wildman–Crippen LogP) is 3.20. The zero-order chi connectivity index (χ0) is 25.3. The standard InChI is InChI=1S/C24H25N5O2.C2H4O2/c1-14-22(17-6-3-4-7-20(17)28(14)10-5-9-25)23-24(31)27-19-13-21-16(12-18(19)26-23)8-11-29(21)15(2)30;1-2(3)4/h3-4,6-7,12-13H,5,8-11,25H2,1-2H3,(H,27,31);1H3,(H,3,4). The summed E-state index contributed by atoms with van der Waals surface area (Å²) in [6.07, 6.45) is 1.65. The molecule has 4 N–H and O–H groups in total. The Bertz CT molecular complexity index is 1500. The topological polar surface area (TPSA) is 134 Å². The lowest BCUT2D eigenvalue weighted by Gasteiger charge is -2.15. The summed E-state index contributed by atoms with van der Waals surface area (Å²) in [5.74, 6) is -0.828. The summed E-state index contributed by atoms with van der Waals surface area (Å²) in [4.78, 5) is 43.6. The number of aryl methyl sites for hydroxylation is 1. The first-order valence-electron chi connectivity index (χ1n) is 11.6. The minimum Gasteiger partial charge on any atom is -0.481 e. The molecule has 0 spiro atoms. The van der Waals surface area contributed by atoms with Gasteiger partial charge < -0.3 is 25.3 Å². The number of carboxylic acids is 1. The largest absolute Gasteiger partial charge is 0.481 e. The molecule has 0 bridgehead atoms. The number of hydrogen-bond acceptors (Lipinski definition) is 5. The Labute approximate surface area is 202 Å². The number of amides is 1. The van der Waals surface area contributed by atoms with Gasteiger partial charge >= 0.3 is 0 Å². The summed E-state index contributed by atoms with van der Waals surface area (Å²) in [6, 6.07) is 12.0. The maximum absolute atomic E-state index is 13.1. The van der Waals surface area contributed by atoms with E-state index in [-0.39, 0.29) is 11.5 Å². The van der Waals surface area contributed by atoms with Crippen molar-refractivity contribution in [2.24, 2.45) is 5.73 Å². The van der Waals surface area contributed by atoms with E-state index in [1.54, 1.807) is 11.8 Å². The molecule has 0 aliphatic carbocycles. The van der Waals surface area contributed by atoms with Crippen molar-refractivity contribution in [3.05, 3.63) is 58.0 Å². The van der Waals surface area contributed by atoms with Crippen molar-refractivity contribution < 1.29 is 14.7 Å². The SMILES string of the molecule is CC(=O)N1CCc2cc3nc(-c4c(C)n(CCCN)c5ccccc45)c(=O)[nH]c3cc21.CC(=O)O. The number of aliphatic carboxylic acids is 1. The second-order valence-corrected chi connectivity index (χ2v) is 8.62. The Balaban J connectivity index is 0.000000672. The molecule has 1 aliphatic rings. The molecule has 5 rings (SSSR count). The zero-order valence-electron chi connectivity index (χ0n) is 20.1. The van der Waals surface area contributed by atoms with Gasteiger partial charge in [0.15, 0.2) is 0 Å². The number of fused-ring (bicyclic) bond motifs is 3. The first-order valence-corrected chi connectivity index (χ1v) is 11.6. The maximum atomic E-state index is 13.1. The van der Waals surface area contributed by atoms with Gasteiger partial charge in [0.1, 0.15) is 5.69 Å². The molecule has 0 saturated heterocycles. The highest BCUT2D eigenvalue weighted by Gasteiger charge is 2.24. The molecule has 1 aliphatic heterocycles. The van der Waals surface area contributed by atoms with Gasteiger partial charge in [-0.1, -0.05) is 18.2 Å². The number of aromatic nitrogens is 3. The molecular formula is C26H29N5O4. The third-order valence-electron chi connectivity index (χ3n) is 6.22. The Hall–Kier alpha value is -3.98. The average molecular weight is 476 g/mol. The minimum absolute atomic E-state index is 0.00550. The van der Waals surface area contributed by atoms with Crippen molar-refractivity contribution in [3.63, 3.8) is 0 Å². The van der Waals surface area contributed by atoms with Crippen molar-refractivity contribution >= 4 is 39.5 Å². The third kappa shape index (κ3) is 4.54. The number of benzene rings is 2. The number of aromatic amines is 1. The van der Waals surface area contributed by atoms with Crippen LogP contribution in [0.3, 0.4) is 0 Å². The molecule has 3 heterocycles. The highest BCUT2D eigenvalue weighted by molar-refractivity contribution is 5.99. The Kier molecular flexibility index (Phi) is 6.70. The summed E-state index contributed by atoms with van der Waals surface area (Å²) in [6.45, 7) is 6.74. The van der Waals surface area contributed by atoms with Gasteiger partial charge in [0.2, 0.25) is 5.91 Å². The summed E-state index contributed by atoms with van der Waals surface area (Å²) in [5.41, 5.74) is 12.2. The van der Waals surface area contributed by atoms with Crippen LogP contribution in [0.5, 0.6) is 0 Å². The molecule has 1 amide bonds. The Morgan fingerprint density at radius 2 is 1.91 bits per heavy atom. The van der Waals surface area contributed by atoms with Crippen LogP contribution in [0.15, 0.2) is 41.2 Å². The van der Waals surface area contributed by atoms with Crippen molar-refractivity contribution in [2.75, 3.05) is 18.0 Å². The van der Waals surface area contributed by atoms with Crippen LogP contribution in [0.4, 0.5) is 5.69 Å². The number of nitrogens with one attached hydrogen (secondary N) is 1.